The van der Waals surface area contributed by atoms with Crippen LogP contribution in [0.5, 0.6) is 0 Å². The van der Waals surface area contributed by atoms with Gasteiger partial charge in [0.25, 0.3) is 10.0 Å². The number of amides is 1. The summed E-state index contributed by atoms with van der Waals surface area (Å²) in [5.41, 5.74) is 3.85. The Morgan fingerprint density at radius 2 is 1.79 bits per heavy atom. The van der Waals surface area contributed by atoms with Crippen LogP contribution in [-0.4, -0.2) is 54.7 Å². The third-order valence-electron chi connectivity index (χ3n) is 5.49. The van der Waals surface area contributed by atoms with E-state index in [0.29, 0.717) is 30.4 Å². The van der Waals surface area contributed by atoms with E-state index in [9.17, 15) is 13.2 Å². The maximum atomic E-state index is 12.9. The zero-order chi connectivity index (χ0) is 20.6. The molecule has 3 heterocycles. The highest BCUT2D eigenvalue weighted by atomic mass is 32.2. The largest absolute Gasteiger partial charge is 0.340 e. The van der Waals surface area contributed by atoms with Gasteiger partial charge >= 0.3 is 0 Å². The number of aryl methyl sites for hydroxylation is 2. The number of carbonyl (C=O) groups excluding carboxylic acids is 1. The average molecular weight is 430 g/mol. The predicted molar refractivity (Wildman–Crippen MR) is 115 cm³/mol. The Kier molecular flexibility index (Phi) is 5.42. The number of hydrogen-bond donors (Lipinski definition) is 0. The second-order valence-electron chi connectivity index (χ2n) is 7.21. The van der Waals surface area contributed by atoms with Crippen molar-refractivity contribution >= 4 is 38.2 Å². The summed E-state index contributed by atoms with van der Waals surface area (Å²) in [6, 6.07) is 11.3. The van der Waals surface area contributed by atoms with Crippen LogP contribution < -0.4 is 0 Å². The van der Waals surface area contributed by atoms with Crippen LogP contribution in [0.15, 0.2) is 46.0 Å². The van der Waals surface area contributed by atoms with Crippen LogP contribution >= 0.6 is 11.3 Å². The lowest BCUT2D eigenvalue weighted by Crippen LogP contribution is -2.50. The normalized spacial score (nSPS) is 15.7. The van der Waals surface area contributed by atoms with Crippen molar-refractivity contribution in [3.8, 4) is 0 Å². The Hall–Kier alpha value is -2.29. The van der Waals surface area contributed by atoms with Gasteiger partial charge < -0.3 is 4.90 Å². The van der Waals surface area contributed by atoms with E-state index in [4.69, 9.17) is 0 Å². The first-order valence-electron chi connectivity index (χ1n) is 9.54. The number of pyridine rings is 1. The van der Waals surface area contributed by atoms with Crippen molar-refractivity contribution in [1.82, 2.24) is 14.2 Å². The van der Waals surface area contributed by atoms with Crippen LogP contribution in [0.3, 0.4) is 0 Å². The van der Waals surface area contributed by atoms with E-state index >= 15 is 0 Å². The predicted octanol–water partition coefficient (Wildman–Crippen LogP) is 2.99. The van der Waals surface area contributed by atoms with Gasteiger partial charge in [-0.2, -0.15) is 4.31 Å². The molecule has 1 saturated heterocycles. The van der Waals surface area contributed by atoms with E-state index in [1.807, 2.05) is 38.1 Å². The Labute approximate surface area is 174 Å². The molecule has 1 aliphatic heterocycles. The fourth-order valence-electron chi connectivity index (χ4n) is 3.81. The molecule has 0 saturated carbocycles. The van der Waals surface area contributed by atoms with Gasteiger partial charge in [0.1, 0.15) is 4.21 Å². The van der Waals surface area contributed by atoms with Crippen LogP contribution in [0.2, 0.25) is 0 Å². The SMILES string of the molecule is Cc1nc2ccccc2c(C)c1CC(=O)N1CCN(S(=O)(=O)c2cccs2)CC1. The van der Waals surface area contributed by atoms with Crippen molar-refractivity contribution in [2.45, 2.75) is 24.5 Å². The van der Waals surface area contributed by atoms with Gasteiger partial charge in [0.05, 0.1) is 11.9 Å². The maximum Gasteiger partial charge on any atom is 0.252 e. The minimum atomic E-state index is -3.46. The lowest BCUT2D eigenvalue weighted by Gasteiger charge is -2.34. The summed E-state index contributed by atoms with van der Waals surface area (Å²) in [5.74, 6) is 0.0152. The topological polar surface area (TPSA) is 70.6 Å². The van der Waals surface area contributed by atoms with Crippen molar-refractivity contribution in [2.75, 3.05) is 26.2 Å². The molecule has 4 rings (SSSR count). The summed E-state index contributed by atoms with van der Waals surface area (Å²) in [6.07, 6.45) is 0.285. The molecule has 0 aliphatic carbocycles. The van der Waals surface area contributed by atoms with Crippen molar-refractivity contribution in [1.29, 1.82) is 0 Å². The zero-order valence-corrected chi connectivity index (χ0v) is 18.1. The third kappa shape index (κ3) is 3.80. The Morgan fingerprint density at radius 1 is 1.07 bits per heavy atom. The fourth-order valence-corrected chi connectivity index (χ4v) is 6.38. The second kappa shape index (κ2) is 7.85. The minimum absolute atomic E-state index is 0.0152. The van der Waals surface area contributed by atoms with E-state index in [-0.39, 0.29) is 12.3 Å². The first kappa shape index (κ1) is 20.0. The number of fused-ring (bicyclic) bond motifs is 1. The number of thiophene rings is 1. The number of carbonyl (C=O) groups is 1. The molecule has 152 valence electrons. The summed E-state index contributed by atoms with van der Waals surface area (Å²) in [7, 11) is -3.46. The first-order chi connectivity index (χ1) is 13.9. The van der Waals surface area contributed by atoms with E-state index in [1.165, 1.54) is 15.6 Å². The summed E-state index contributed by atoms with van der Waals surface area (Å²) >= 11 is 1.22. The van der Waals surface area contributed by atoms with Gasteiger partial charge in [0.15, 0.2) is 0 Å². The number of benzene rings is 1. The van der Waals surface area contributed by atoms with E-state index in [0.717, 1.165) is 27.7 Å². The Bertz CT molecular complexity index is 1150. The number of piperazine rings is 1. The Balaban J connectivity index is 1.47. The van der Waals surface area contributed by atoms with Crippen molar-refractivity contribution < 1.29 is 13.2 Å². The lowest BCUT2D eigenvalue weighted by atomic mass is 9.99. The highest BCUT2D eigenvalue weighted by Crippen LogP contribution is 2.25. The number of aromatic nitrogens is 1. The number of nitrogens with zero attached hydrogens (tertiary/aromatic N) is 3. The molecule has 0 unspecified atom stereocenters. The smallest absolute Gasteiger partial charge is 0.252 e. The van der Waals surface area contributed by atoms with Crippen LogP contribution in [0, 0.1) is 13.8 Å². The molecule has 0 radical (unpaired) electrons. The molecule has 1 aromatic carbocycles. The average Bonchev–Trinajstić information content (AvgIpc) is 3.27. The summed E-state index contributed by atoms with van der Waals surface area (Å²) in [5, 5.41) is 2.82. The molecule has 0 spiro atoms. The molecule has 1 fully saturated rings. The monoisotopic (exact) mass is 429 g/mol. The molecule has 1 aliphatic rings. The van der Waals surface area contributed by atoms with Crippen LogP contribution in [0.4, 0.5) is 0 Å². The molecule has 2 aromatic heterocycles. The summed E-state index contributed by atoms with van der Waals surface area (Å²) < 4.78 is 27.1. The van der Waals surface area contributed by atoms with Gasteiger partial charge in [0, 0.05) is 37.3 Å². The third-order valence-corrected chi connectivity index (χ3v) is 8.77. The van der Waals surface area contributed by atoms with Gasteiger partial charge in [-0.1, -0.05) is 24.3 Å². The Morgan fingerprint density at radius 3 is 2.48 bits per heavy atom. The number of sulfonamides is 1. The number of rotatable bonds is 4. The second-order valence-corrected chi connectivity index (χ2v) is 10.3. The first-order valence-corrected chi connectivity index (χ1v) is 11.9. The zero-order valence-electron chi connectivity index (χ0n) is 16.5. The lowest BCUT2D eigenvalue weighted by molar-refractivity contribution is -0.131. The van der Waals surface area contributed by atoms with E-state index < -0.39 is 10.0 Å². The van der Waals surface area contributed by atoms with Crippen molar-refractivity contribution in [3.05, 3.63) is 58.6 Å². The van der Waals surface area contributed by atoms with Crippen LogP contribution in [0.1, 0.15) is 16.8 Å². The highest BCUT2D eigenvalue weighted by molar-refractivity contribution is 7.91. The van der Waals surface area contributed by atoms with Gasteiger partial charge in [-0.3, -0.25) is 9.78 Å². The number of para-hydroxylation sites is 1. The van der Waals surface area contributed by atoms with Crippen molar-refractivity contribution in [2.24, 2.45) is 0 Å². The molecule has 0 atom stereocenters. The molecular weight excluding hydrogens is 406 g/mol. The van der Waals surface area contributed by atoms with E-state index in [1.54, 1.807) is 22.4 Å². The van der Waals surface area contributed by atoms with Crippen molar-refractivity contribution in [3.63, 3.8) is 0 Å². The van der Waals surface area contributed by atoms with E-state index in [2.05, 4.69) is 4.98 Å². The molecule has 0 N–H and O–H groups in total. The molecule has 8 heteroatoms. The standard InChI is InChI=1S/C21H23N3O3S2/c1-15-17-6-3-4-7-19(17)22-16(2)18(15)14-20(25)23-9-11-24(12-10-23)29(26,27)21-8-5-13-28-21/h3-8,13H,9-12,14H2,1-2H3. The highest BCUT2D eigenvalue weighted by Gasteiger charge is 2.31. The number of hydrogen-bond acceptors (Lipinski definition) is 5. The molecule has 1 amide bonds. The molecule has 6 nitrogen and oxygen atoms in total. The molecular formula is C21H23N3O3S2. The summed E-state index contributed by atoms with van der Waals surface area (Å²) in [6.45, 7) is 5.42. The van der Waals surface area contributed by atoms with Gasteiger partial charge in [-0.05, 0) is 42.5 Å². The van der Waals surface area contributed by atoms with Gasteiger partial charge in [-0.15, -0.1) is 11.3 Å². The quantitative estimate of drug-likeness (QED) is 0.639. The van der Waals surface area contributed by atoms with Gasteiger partial charge in [0.2, 0.25) is 5.91 Å². The van der Waals surface area contributed by atoms with Crippen LogP contribution in [-0.2, 0) is 21.2 Å². The molecule has 29 heavy (non-hydrogen) atoms. The minimum Gasteiger partial charge on any atom is -0.340 e. The van der Waals surface area contributed by atoms with Gasteiger partial charge in [-0.25, -0.2) is 8.42 Å². The fraction of sp³-hybridized carbons (Fsp3) is 0.333. The summed E-state index contributed by atoms with van der Waals surface area (Å²) in [4.78, 5) is 19.3. The maximum absolute atomic E-state index is 12.9. The van der Waals surface area contributed by atoms with Crippen LogP contribution in [0.25, 0.3) is 10.9 Å². The molecule has 0 bridgehead atoms. The molecule has 3 aromatic rings.